The lowest BCUT2D eigenvalue weighted by molar-refractivity contribution is -0.191. The first-order valence-electron chi connectivity index (χ1n) is 5.70. The summed E-state index contributed by atoms with van der Waals surface area (Å²) in [7, 11) is 0. The van der Waals surface area contributed by atoms with E-state index >= 15 is 0 Å². The molecule has 9 heteroatoms. The van der Waals surface area contributed by atoms with E-state index in [1.165, 1.54) is 6.33 Å². The van der Waals surface area contributed by atoms with Crippen molar-refractivity contribution in [2.75, 3.05) is 12.3 Å². The molecular formula is C10H13N5O4. The van der Waals surface area contributed by atoms with E-state index in [4.69, 9.17) is 10.5 Å². The van der Waals surface area contributed by atoms with Crippen LogP contribution in [0.5, 0.6) is 0 Å². The lowest BCUT2D eigenvalue weighted by atomic mass is 9.99. The third-order valence-electron chi connectivity index (χ3n) is 3.09. The molecule has 0 amide bonds. The van der Waals surface area contributed by atoms with Crippen molar-refractivity contribution < 1.29 is 20.1 Å². The van der Waals surface area contributed by atoms with Crippen LogP contribution in [0.1, 0.15) is 11.9 Å². The van der Waals surface area contributed by atoms with E-state index in [9.17, 15) is 15.3 Å². The predicted octanol–water partition coefficient (Wildman–Crippen LogP) is -1.91. The Bertz CT molecular complexity index is 603. The number of nitrogens with one attached hydrogen (secondary N) is 1. The molecule has 1 fully saturated rings. The number of aliphatic hydroxyl groups is 3. The predicted molar refractivity (Wildman–Crippen MR) is 62.8 cm³/mol. The molecule has 0 radical (unpaired) electrons. The molecule has 1 saturated heterocycles. The topological polar surface area (TPSA) is 150 Å². The summed E-state index contributed by atoms with van der Waals surface area (Å²) in [5, 5.41) is 28.9. The van der Waals surface area contributed by atoms with Gasteiger partial charge in [-0.25, -0.2) is 15.0 Å². The molecule has 0 saturated carbocycles. The number of nitrogens with zero attached hydrogens (tertiary/aromatic N) is 3. The van der Waals surface area contributed by atoms with Crippen LogP contribution in [-0.4, -0.2) is 60.2 Å². The molecule has 2 aromatic heterocycles. The summed E-state index contributed by atoms with van der Waals surface area (Å²) in [5.74, 6) is 0.296. The molecule has 0 aromatic carbocycles. The molecule has 4 atom stereocenters. The van der Waals surface area contributed by atoms with Crippen LogP contribution in [0.15, 0.2) is 6.33 Å². The number of H-pyrrole nitrogens is 1. The van der Waals surface area contributed by atoms with Gasteiger partial charge in [-0.05, 0) is 0 Å². The molecule has 6 N–H and O–H groups in total. The molecule has 0 bridgehead atoms. The summed E-state index contributed by atoms with van der Waals surface area (Å²) in [6.45, 7) is -0.120. The average molecular weight is 267 g/mol. The molecule has 3 heterocycles. The normalized spacial score (nSPS) is 31.7. The SMILES string of the molecule is Nc1nc(C2OC[C@@H](O)[C@@H](O)[C@H]2O)nc2nc[nH]c12. The van der Waals surface area contributed by atoms with E-state index in [2.05, 4.69) is 19.9 Å². The van der Waals surface area contributed by atoms with E-state index in [0.29, 0.717) is 11.2 Å². The maximum Gasteiger partial charge on any atom is 0.183 e. The van der Waals surface area contributed by atoms with Gasteiger partial charge in [0.1, 0.15) is 29.9 Å². The van der Waals surface area contributed by atoms with Crippen LogP contribution in [0.4, 0.5) is 5.82 Å². The number of aromatic nitrogens is 4. The largest absolute Gasteiger partial charge is 0.388 e. The maximum atomic E-state index is 9.89. The number of anilines is 1. The highest BCUT2D eigenvalue weighted by molar-refractivity contribution is 5.80. The van der Waals surface area contributed by atoms with Crippen molar-refractivity contribution in [1.29, 1.82) is 0 Å². The summed E-state index contributed by atoms with van der Waals surface area (Å²) in [6.07, 6.45) is -3.33. The number of ether oxygens (including phenoxy) is 1. The van der Waals surface area contributed by atoms with Crippen molar-refractivity contribution in [2.45, 2.75) is 24.4 Å². The number of nitrogen functional groups attached to an aromatic ring is 1. The molecule has 1 unspecified atom stereocenters. The van der Waals surface area contributed by atoms with Crippen LogP contribution < -0.4 is 5.73 Å². The molecule has 0 aliphatic carbocycles. The molecule has 1 aliphatic rings. The molecule has 19 heavy (non-hydrogen) atoms. The fraction of sp³-hybridized carbons (Fsp3) is 0.500. The number of fused-ring (bicyclic) bond motifs is 1. The number of nitrogens with two attached hydrogens (primary N) is 1. The first-order chi connectivity index (χ1) is 9.08. The zero-order valence-electron chi connectivity index (χ0n) is 9.76. The van der Waals surface area contributed by atoms with Crippen LogP contribution in [0, 0.1) is 0 Å². The third kappa shape index (κ3) is 1.92. The minimum absolute atomic E-state index is 0.120. The van der Waals surface area contributed by atoms with Gasteiger partial charge in [-0.3, -0.25) is 0 Å². The van der Waals surface area contributed by atoms with Crippen molar-refractivity contribution in [2.24, 2.45) is 0 Å². The van der Waals surface area contributed by atoms with E-state index in [0.717, 1.165) is 0 Å². The van der Waals surface area contributed by atoms with Gasteiger partial charge in [0.2, 0.25) is 0 Å². The average Bonchev–Trinajstić information content (AvgIpc) is 2.85. The summed E-state index contributed by atoms with van der Waals surface area (Å²) >= 11 is 0. The molecule has 9 nitrogen and oxygen atoms in total. The van der Waals surface area contributed by atoms with E-state index in [1.807, 2.05) is 0 Å². The van der Waals surface area contributed by atoms with Crippen molar-refractivity contribution >= 4 is 17.0 Å². The van der Waals surface area contributed by atoms with Crippen molar-refractivity contribution in [3.05, 3.63) is 12.2 Å². The summed E-state index contributed by atoms with van der Waals surface area (Å²) in [4.78, 5) is 14.9. The zero-order chi connectivity index (χ0) is 13.6. The van der Waals surface area contributed by atoms with Gasteiger partial charge in [-0.15, -0.1) is 0 Å². The van der Waals surface area contributed by atoms with E-state index in [-0.39, 0.29) is 18.2 Å². The van der Waals surface area contributed by atoms with Gasteiger partial charge in [0.15, 0.2) is 17.3 Å². The number of rotatable bonds is 1. The second-order valence-electron chi connectivity index (χ2n) is 4.37. The summed E-state index contributed by atoms with van der Waals surface area (Å²) < 4.78 is 5.26. The second kappa shape index (κ2) is 4.38. The van der Waals surface area contributed by atoms with Gasteiger partial charge in [0, 0.05) is 0 Å². The standard InChI is InChI=1S/C10H13N5O4/c11-8-4-9(13-2-12-4)15-10(14-8)7-6(18)5(17)3(16)1-19-7/h2-3,5-7,16-18H,1H2,(H3,11,12,13,14,15)/t3-,5-,6-,7?/m1/s1. The molecule has 0 spiro atoms. The van der Waals surface area contributed by atoms with Gasteiger partial charge in [0.05, 0.1) is 12.9 Å². The second-order valence-corrected chi connectivity index (χ2v) is 4.37. The van der Waals surface area contributed by atoms with Crippen molar-refractivity contribution in [3.63, 3.8) is 0 Å². The lowest BCUT2D eigenvalue weighted by Gasteiger charge is -2.34. The van der Waals surface area contributed by atoms with Crippen LogP contribution in [0.2, 0.25) is 0 Å². The Balaban J connectivity index is 1.99. The van der Waals surface area contributed by atoms with Crippen LogP contribution in [0.3, 0.4) is 0 Å². The van der Waals surface area contributed by atoms with Gasteiger partial charge in [0.25, 0.3) is 0 Å². The van der Waals surface area contributed by atoms with Crippen molar-refractivity contribution in [1.82, 2.24) is 19.9 Å². The smallest absolute Gasteiger partial charge is 0.183 e. The maximum absolute atomic E-state index is 9.89. The van der Waals surface area contributed by atoms with E-state index < -0.39 is 24.4 Å². The Morgan fingerprint density at radius 3 is 2.84 bits per heavy atom. The first kappa shape index (κ1) is 12.2. The fourth-order valence-electron chi connectivity index (χ4n) is 2.03. The van der Waals surface area contributed by atoms with Crippen molar-refractivity contribution in [3.8, 4) is 0 Å². The van der Waals surface area contributed by atoms with Gasteiger partial charge in [-0.2, -0.15) is 0 Å². The Morgan fingerprint density at radius 2 is 2.05 bits per heavy atom. The quantitative estimate of drug-likeness (QED) is 0.401. The zero-order valence-corrected chi connectivity index (χ0v) is 9.76. The van der Waals surface area contributed by atoms with E-state index in [1.54, 1.807) is 0 Å². The fourth-order valence-corrected chi connectivity index (χ4v) is 2.03. The third-order valence-corrected chi connectivity index (χ3v) is 3.09. The minimum atomic E-state index is -1.33. The minimum Gasteiger partial charge on any atom is -0.388 e. The van der Waals surface area contributed by atoms with Crippen LogP contribution >= 0.6 is 0 Å². The highest BCUT2D eigenvalue weighted by Crippen LogP contribution is 2.28. The molecule has 1 aliphatic heterocycles. The summed E-state index contributed by atoms with van der Waals surface area (Å²) in [5.41, 5.74) is 6.59. The van der Waals surface area contributed by atoms with Gasteiger partial charge >= 0.3 is 0 Å². The summed E-state index contributed by atoms with van der Waals surface area (Å²) in [6, 6.07) is 0. The molecule has 102 valence electrons. The van der Waals surface area contributed by atoms with Crippen LogP contribution in [-0.2, 0) is 4.74 Å². The Morgan fingerprint density at radius 1 is 1.26 bits per heavy atom. The van der Waals surface area contributed by atoms with Gasteiger partial charge in [-0.1, -0.05) is 0 Å². The highest BCUT2D eigenvalue weighted by Gasteiger charge is 2.40. The monoisotopic (exact) mass is 267 g/mol. The first-order valence-corrected chi connectivity index (χ1v) is 5.70. The highest BCUT2D eigenvalue weighted by atomic mass is 16.5. The number of aliphatic hydroxyl groups excluding tert-OH is 3. The number of imidazole rings is 1. The molecular weight excluding hydrogens is 254 g/mol. The Hall–Kier alpha value is -1.81. The number of hydrogen-bond donors (Lipinski definition) is 5. The molecule has 3 rings (SSSR count). The molecule has 2 aromatic rings. The number of hydrogen-bond acceptors (Lipinski definition) is 8. The Kier molecular flexibility index (Phi) is 2.82. The number of aromatic amines is 1. The van der Waals surface area contributed by atoms with Crippen LogP contribution in [0.25, 0.3) is 11.2 Å². The Labute approximate surface area is 107 Å². The lowest BCUT2D eigenvalue weighted by Crippen LogP contribution is -2.49. The van der Waals surface area contributed by atoms with Gasteiger partial charge < -0.3 is 30.8 Å².